The van der Waals surface area contributed by atoms with E-state index in [9.17, 15) is 48.6 Å². The Morgan fingerprint density at radius 1 is 0.447 bits per heavy atom. The molecule has 4 atom stereocenters. The van der Waals surface area contributed by atoms with Crippen molar-refractivity contribution in [3.8, 4) is 11.5 Å². The molecule has 3 rings (SSSR count). The second kappa shape index (κ2) is 27.4. The van der Waals surface area contributed by atoms with Crippen molar-refractivity contribution in [1.82, 2.24) is 42.5 Å². The third-order valence-electron chi connectivity index (χ3n) is 11.4. The Hall–Kier alpha value is -7.38. The van der Waals surface area contributed by atoms with Gasteiger partial charge in [-0.1, -0.05) is 76.2 Å². The number of carbonyl (C=O) groups excluding carboxylic acids is 8. The third-order valence-corrected chi connectivity index (χ3v) is 11.4. The van der Waals surface area contributed by atoms with E-state index in [4.69, 9.17) is 9.47 Å². The van der Waals surface area contributed by atoms with Crippen molar-refractivity contribution in [2.75, 3.05) is 0 Å². The molecule has 0 aliphatic heterocycles. The number of nitrogens with one attached hydrogen (secondary N) is 8. The summed E-state index contributed by atoms with van der Waals surface area (Å²) in [5.41, 5.74) is -2.24. The van der Waals surface area contributed by atoms with Crippen molar-refractivity contribution in [3.63, 3.8) is 0 Å². The maximum absolute atomic E-state index is 14.0. The van der Waals surface area contributed by atoms with Crippen molar-refractivity contribution in [1.29, 1.82) is 0 Å². The molecule has 0 saturated carbocycles. The number of aromatic hydroxyl groups is 2. The van der Waals surface area contributed by atoms with Gasteiger partial charge in [0, 0.05) is 25.9 Å². The molecule has 3 aromatic rings. The number of amides is 8. The summed E-state index contributed by atoms with van der Waals surface area (Å²) in [5.74, 6) is -3.75. The molecule has 0 bridgehead atoms. The van der Waals surface area contributed by atoms with Crippen LogP contribution in [0.5, 0.6) is 11.5 Å². The summed E-state index contributed by atoms with van der Waals surface area (Å²) >= 11 is 0. The summed E-state index contributed by atoms with van der Waals surface area (Å²) in [6.45, 7) is 23.6. The highest BCUT2D eigenvalue weighted by Crippen LogP contribution is 2.18. The van der Waals surface area contributed by atoms with Crippen LogP contribution in [0.15, 0.2) is 72.8 Å². The number of phenolic OH excluding ortho intramolecular Hbond substituents is 2. The van der Waals surface area contributed by atoms with Crippen LogP contribution in [0.25, 0.3) is 0 Å². The highest BCUT2D eigenvalue weighted by Gasteiger charge is 2.38. The van der Waals surface area contributed by atoms with Gasteiger partial charge in [0.2, 0.25) is 35.4 Å². The zero-order chi connectivity index (χ0) is 57.3. The lowest BCUT2D eigenvalue weighted by Gasteiger charge is -2.31. The maximum atomic E-state index is 14.0. The van der Waals surface area contributed by atoms with Crippen LogP contribution in [0.2, 0.25) is 0 Å². The van der Waals surface area contributed by atoms with Crippen LogP contribution < -0.4 is 42.5 Å². The molecule has 0 unspecified atom stereocenters. The van der Waals surface area contributed by atoms with Gasteiger partial charge in [-0.15, -0.1) is 0 Å². The Balaban J connectivity index is 1.77. The van der Waals surface area contributed by atoms with Crippen LogP contribution >= 0.6 is 0 Å². The quantitative estimate of drug-likeness (QED) is 0.0536. The van der Waals surface area contributed by atoms with Gasteiger partial charge in [-0.3, -0.25) is 28.8 Å². The molecule has 0 aliphatic rings. The molecule has 0 aliphatic carbocycles. The molecular formula is C56H82N8O12. The predicted molar refractivity (Wildman–Crippen MR) is 287 cm³/mol. The number of rotatable bonds is 24. The average Bonchev–Trinajstić information content (AvgIpc) is 3.28. The molecule has 0 spiro atoms. The topological polar surface area (TPSA) is 292 Å². The first-order valence-corrected chi connectivity index (χ1v) is 25.6. The lowest BCUT2D eigenvalue weighted by atomic mass is 9.98. The minimum atomic E-state index is -1.56. The van der Waals surface area contributed by atoms with E-state index in [1.54, 1.807) is 90.1 Å². The van der Waals surface area contributed by atoms with E-state index in [1.165, 1.54) is 52.0 Å². The first kappa shape index (κ1) is 62.9. The SMILES string of the molecule is CC(C)C[C@H](NC(=O)OC(C)(C)C)C(=O)NC(C)(C)C(=O)N[C@@H](Cc1ccc(O)cc1)C(=O)NCc1cccc(CNC(=O)[C@H](Cc2ccc(O)cc2)NC(=O)C(C)(C)NC(=O)[C@H](CC(C)C)NC(=O)OC(C)(C)C)c1. The molecule has 418 valence electrons. The number of benzene rings is 3. The number of ether oxygens (including phenoxy) is 2. The second-order valence-corrected chi connectivity index (χ2v) is 22.9. The smallest absolute Gasteiger partial charge is 0.408 e. The molecule has 0 saturated heterocycles. The van der Waals surface area contributed by atoms with Gasteiger partial charge in [0.05, 0.1) is 0 Å². The van der Waals surface area contributed by atoms with Crippen molar-refractivity contribution in [2.24, 2.45) is 11.8 Å². The lowest BCUT2D eigenvalue weighted by Crippen LogP contribution is -2.62. The van der Waals surface area contributed by atoms with Crippen LogP contribution in [0.3, 0.4) is 0 Å². The second-order valence-electron chi connectivity index (χ2n) is 22.9. The van der Waals surface area contributed by atoms with Gasteiger partial charge in [-0.05, 0) is 140 Å². The van der Waals surface area contributed by atoms with Gasteiger partial charge in [0.15, 0.2) is 0 Å². The number of hydrogen-bond donors (Lipinski definition) is 10. The van der Waals surface area contributed by atoms with Crippen molar-refractivity contribution < 1.29 is 58.0 Å². The summed E-state index contributed by atoms with van der Waals surface area (Å²) in [4.78, 5) is 108. The largest absolute Gasteiger partial charge is 0.508 e. The van der Waals surface area contributed by atoms with Crippen molar-refractivity contribution in [2.45, 2.75) is 182 Å². The Labute approximate surface area is 447 Å². The van der Waals surface area contributed by atoms with E-state index < -0.39 is 94.1 Å². The minimum absolute atomic E-state index is 0.00156. The third kappa shape index (κ3) is 22.6. The molecule has 0 heterocycles. The van der Waals surface area contributed by atoms with Gasteiger partial charge < -0.3 is 62.2 Å². The molecule has 0 aromatic heterocycles. The van der Waals surface area contributed by atoms with E-state index >= 15 is 0 Å². The molecule has 0 fully saturated rings. The zero-order valence-electron chi connectivity index (χ0n) is 46.6. The van der Waals surface area contributed by atoms with E-state index in [2.05, 4.69) is 42.5 Å². The Morgan fingerprint density at radius 3 is 1.08 bits per heavy atom. The molecule has 8 amide bonds. The highest BCUT2D eigenvalue weighted by atomic mass is 16.6. The molecule has 0 radical (unpaired) electrons. The molecule has 20 heteroatoms. The Bertz CT molecular complexity index is 2310. The minimum Gasteiger partial charge on any atom is -0.508 e. The van der Waals surface area contributed by atoms with E-state index in [-0.39, 0.29) is 62.1 Å². The van der Waals surface area contributed by atoms with Crippen LogP contribution in [0.4, 0.5) is 9.59 Å². The fourth-order valence-electron chi connectivity index (χ4n) is 7.51. The fourth-order valence-corrected chi connectivity index (χ4v) is 7.51. The first-order chi connectivity index (χ1) is 35.1. The molecule has 20 nitrogen and oxygen atoms in total. The van der Waals surface area contributed by atoms with E-state index in [1.807, 2.05) is 27.7 Å². The van der Waals surface area contributed by atoms with E-state index in [0.29, 0.717) is 22.3 Å². The number of phenols is 2. The average molecular weight is 1060 g/mol. The van der Waals surface area contributed by atoms with Gasteiger partial charge in [0.25, 0.3) is 0 Å². The Morgan fingerprint density at radius 2 is 0.776 bits per heavy atom. The zero-order valence-corrected chi connectivity index (χ0v) is 46.6. The van der Waals surface area contributed by atoms with Crippen molar-refractivity contribution >= 4 is 47.6 Å². The lowest BCUT2D eigenvalue weighted by molar-refractivity contribution is -0.135. The fraction of sp³-hybridized carbons (Fsp3) is 0.536. The van der Waals surface area contributed by atoms with Gasteiger partial charge in [0.1, 0.15) is 57.9 Å². The highest BCUT2D eigenvalue weighted by molar-refractivity contribution is 5.97. The predicted octanol–water partition coefficient (Wildman–Crippen LogP) is 5.45. The number of alkyl carbamates (subject to hydrolysis) is 2. The molecule has 76 heavy (non-hydrogen) atoms. The Kier molecular flexibility index (Phi) is 22.7. The van der Waals surface area contributed by atoms with Crippen LogP contribution in [-0.4, -0.2) is 104 Å². The van der Waals surface area contributed by atoms with Gasteiger partial charge in [-0.25, -0.2) is 9.59 Å². The summed E-state index contributed by atoms with van der Waals surface area (Å²) in [5, 5.41) is 41.8. The van der Waals surface area contributed by atoms with Gasteiger partial charge in [-0.2, -0.15) is 0 Å². The monoisotopic (exact) mass is 1060 g/mol. The van der Waals surface area contributed by atoms with E-state index in [0.717, 1.165) is 0 Å². The number of hydrogen-bond acceptors (Lipinski definition) is 12. The van der Waals surface area contributed by atoms with Crippen LogP contribution in [-0.2, 0) is 64.2 Å². The van der Waals surface area contributed by atoms with Crippen LogP contribution in [0, 0.1) is 11.8 Å². The maximum Gasteiger partial charge on any atom is 0.408 e. The summed E-state index contributed by atoms with van der Waals surface area (Å²) in [6, 6.07) is 14.9. The first-order valence-electron chi connectivity index (χ1n) is 25.6. The normalized spacial score (nSPS) is 13.5. The summed E-state index contributed by atoms with van der Waals surface area (Å²) in [6.07, 6.45) is -1.05. The molecular weight excluding hydrogens is 977 g/mol. The number of carbonyl (C=O) groups is 8. The van der Waals surface area contributed by atoms with Crippen LogP contribution in [0.1, 0.15) is 132 Å². The van der Waals surface area contributed by atoms with Crippen molar-refractivity contribution in [3.05, 3.63) is 95.1 Å². The van der Waals surface area contributed by atoms with Gasteiger partial charge >= 0.3 is 12.2 Å². The standard InChI is InChI=1S/C56H82N8O12/c1-33(2)26-41(61-51(73)75-53(5,6)7)47(69)63-55(11,12)49(71)59-43(29-35-18-22-39(65)23-19-35)45(67)57-31-37-16-15-17-38(28-37)32-58-46(68)44(30-36-20-24-40(66)25-21-36)60-50(72)56(13,14)64-48(70)42(27-34(3)4)62-52(74)76-54(8,9)10/h15-25,28,33-34,41-44,65-66H,26-27,29-32H2,1-14H3,(H,57,67)(H,58,68)(H,59,71)(H,60,72)(H,61,73)(H,62,74)(H,63,69)(H,64,70)/t41-,42-,43-,44-/m0/s1. The summed E-state index contributed by atoms with van der Waals surface area (Å²) in [7, 11) is 0. The molecule has 10 N–H and O–H groups in total. The summed E-state index contributed by atoms with van der Waals surface area (Å²) < 4.78 is 10.7. The molecule has 3 aromatic carbocycles.